The van der Waals surface area contributed by atoms with E-state index < -0.39 is 0 Å². The molecule has 6 heteroatoms. The quantitative estimate of drug-likeness (QED) is 0.576. The lowest BCUT2D eigenvalue weighted by Gasteiger charge is -2.32. The van der Waals surface area contributed by atoms with E-state index in [0.717, 1.165) is 36.6 Å². The molecular formula is C21H20N3O2S+. The minimum atomic E-state index is -0.179. The first kappa shape index (κ1) is 15.6. The van der Waals surface area contributed by atoms with E-state index in [-0.39, 0.29) is 5.56 Å². The molecule has 1 aliphatic carbocycles. The maximum Gasteiger partial charge on any atom is 0.294 e. The molecule has 5 nitrogen and oxygen atoms in total. The van der Waals surface area contributed by atoms with Gasteiger partial charge in [-0.1, -0.05) is 12.1 Å². The Morgan fingerprint density at radius 1 is 1.26 bits per heavy atom. The number of thiophene rings is 1. The first-order valence-electron chi connectivity index (χ1n) is 9.59. The van der Waals surface area contributed by atoms with Crippen LogP contribution in [0.25, 0.3) is 22.1 Å². The van der Waals surface area contributed by atoms with Gasteiger partial charge in [0.2, 0.25) is 5.58 Å². The number of benzene rings is 1. The molecule has 1 saturated carbocycles. The molecule has 1 unspecified atom stereocenters. The number of nitrogens with one attached hydrogen (secondary N) is 2. The number of quaternary nitrogens is 1. The van der Waals surface area contributed by atoms with Crippen LogP contribution < -0.4 is 10.5 Å². The van der Waals surface area contributed by atoms with Crippen molar-refractivity contribution in [2.75, 3.05) is 6.54 Å². The Morgan fingerprint density at radius 2 is 2.15 bits per heavy atom. The van der Waals surface area contributed by atoms with Crippen LogP contribution in [-0.4, -0.2) is 16.5 Å². The lowest BCUT2D eigenvalue weighted by Crippen LogP contribution is -3.12. The molecule has 1 aliphatic heterocycles. The van der Waals surface area contributed by atoms with Gasteiger partial charge < -0.3 is 14.3 Å². The number of H-pyrrole nitrogens is 1. The third-order valence-corrected chi connectivity index (χ3v) is 6.99. The van der Waals surface area contributed by atoms with Crippen molar-refractivity contribution in [2.45, 2.75) is 31.8 Å². The Bertz CT molecular complexity index is 1220. The highest BCUT2D eigenvalue weighted by atomic mass is 32.1. The fourth-order valence-electron chi connectivity index (χ4n) is 4.64. The Labute approximate surface area is 159 Å². The van der Waals surface area contributed by atoms with E-state index in [1.807, 2.05) is 35.6 Å². The highest BCUT2D eigenvalue weighted by Gasteiger charge is 2.43. The lowest BCUT2D eigenvalue weighted by atomic mass is 9.96. The zero-order valence-corrected chi connectivity index (χ0v) is 15.6. The second kappa shape index (κ2) is 5.78. The molecule has 136 valence electrons. The van der Waals surface area contributed by atoms with Crippen molar-refractivity contribution in [1.82, 2.24) is 9.97 Å². The zero-order valence-electron chi connectivity index (χ0n) is 14.8. The molecule has 27 heavy (non-hydrogen) atoms. The fourth-order valence-corrected chi connectivity index (χ4v) is 5.57. The van der Waals surface area contributed by atoms with Gasteiger partial charge in [-0.3, -0.25) is 4.79 Å². The number of hydrogen-bond acceptors (Lipinski definition) is 4. The zero-order chi connectivity index (χ0) is 18.0. The SMILES string of the molecule is O=c1[nH]c(C[NH+]2CCc3sccc3[C@@H]2C2CC2)nc2c1oc1ccccc12. The topological polar surface area (TPSA) is 63.3 Å². The Balaban J connectivity index is 1.42. The minimum absolute atomic E-state index is 0.179. The summed E-state index contributed by atoms with van der Waals surface area (Å²) in [6, 6.07) is 10.6. The maximum atomic E-state index is 12.6. The summed E-state index contributed by atoms with van der Waals surface area (Å²) in [6.07, 6.45) is 3.75. The number of nitrogens with zero attached hydrogens (tertiary/aromatic N) is 1. The molecular weight excluding hydrogens is 358 g/mol. The van der Waals surface area contributed by atoms with Crippen LogP contribution in [0.5, 0.6) is 0 Å². The molecule has 0 spiro atoms. The van der Waals surface area contributed by atoms with Crippen LogP contribution in [0, 0.1) is 5.92 Å². The van der Waals surface area contributed by atoms with Crippen molar-refractivity contribution in [2.24, 2.45) is 5.92 Å². The Morgan fingerprint density at radius 3 is 3.04 bits per heavy atom. The average Bonchev–Trinajstić information content (AvgIpc) is 3.27. The summed E-state index contributed by atoms with van der Waals surface area (Å²) in [5.41, 5.74) is 3.07. The second-order valence-electron chi connectivity index (χ2n) is 7.74. The van der Waals surface area contributed by atoms with E-state index in [0.29, 0.717) is 22.7 Å². The summed E-state index contributed by atoms with van der Waals surface area (Å²) >= 11 is 1.89. The monoisotopic (exact) mass is 378 g/mol. The van der Waals surface area contributed by atoms with E-state index in [2.05, 4.69) is 16.4 Å². The summed E-state index contributed by atoms with van der Waals surface area (Å²) in [6.45, 7) is 1.85. The second-order valence-corrected chi connectivity index (χ2v) is 8.74. The molecule has 2 N–H and O–H groups in total. The molecule has 0 bridgehead atoms. The van der Waals surface area contributed by atoms with Gasteiger partial charge in [-0.25, -0.2) is 4.98 Å². The van der Waals surface area contributed by atoms with Crippen LogP contribution >= 0.6 is 11.3 Å². The highest BCUT2D eigenvalue weighted by molar-refractivity contribution is 7.10. The third-order valence-electron chi connectivity index (χ3n) is 6.00. The third kappa shape index (κ3) is 2.47. The van der Waals surface area contributed by atoms with Gasteiger partial charge in [0.25, 0.3) is 5.56 Å². The summed E-state index contributed by atoms with van der Waals surface area (Å²) in [4.78, 5) is 23.5. The predicted molar refractivity (Wildman–Crippen MR) is 105 cm³/mol. The number of furan rings is 1. The van der Waals surface area contributed by atoms with Crippen molar-refractivity contribution in [3.8, 4) is 0 Å². The van der Waals surface area contributed by atoms with Crippen molar-refractivity contribution < 1.29 is 9.32 Å². The van der Waals surface area contributed by atoms with E-state index in [9.17, 15) is 4.79 Å². The van der Waals surface area contributed by atoms with E-state index in [1.54, 1.807) is 4.88 Å². The number of fused-ring (bicyclic) bond motifs is 4. The van der Waals surface area contributed by atoms with Gasteiger partial charge in [0.1, 0.15) is 23.7 Å². The largest absolute Gasteiger partial charge is 0.449 e. The van der Waals surface area contributed by atoms with Gasteiger partial charge in [0, 0.05) is 28.2 Å². The van der Waals surface area contributed by atoms with Crippen LogP contribution in [0.15, 0.2) is 44.9 Å². The number of hydrogen-bond donors (Lipinski definition) is 2. The van der Waals surface area contributed by atoms with Gasteiger partial charge in [0.05, 0.1) is 6.54 Å². The van der Waals surface area contributed by atoms with Crippen LogP contribution in [0.1, 0.15) is 35.1 Å². The van der Waals surface area contributed by atoms with Gasteiger partial charge in [-0.15, -0.1) is 11.3 Å². The lowest BCUT2D eigenvalue weighted by molar-refractivity contribution is -0.950. The average molecular weight is 378 g/mol. The van der Waals surface area contributed by atoms with E-state index in [4.69, 9.17) is 9.40 Å². The molecule has 6 rings (SSSR count). The molecule has 3 aromatic heterocycles. The van der Waals surface area contributed by atoms with E-state index in [1.165, 1.54) is 23.3 Å². The van der Waals surface area contributed by atoms with Crippen LogP contribution in [0.2, 0.25) is 0 Å². The smallest absolute Gasteiger partial charge is 0.294 e. The van der Waals surface area contributed by atoms with E-state index >= 15 is 0 Å². The van der Waals surface area contributed by atoms with Crippen LogP contribution in [-0.2, 0) is 13.0 Å². The molecule has 2 atom stereocenters. The molecule has 0 amide bonds. The van der Waals surface area contributed by atoms with Crippen LogP contribution in [0.3, 0.4) is 0 Å². The molecule has 2 aliphatic rings. The van der Waals surface area contributed by atoms with Gasteiger partial charge in [0.15, 0.2) is 5.82 Å². The van der Waals surface area contributed by atoms with Gasteiger partial charge in [-0.05, 0) is 36.4 Å². The first-order chi connectivity index (χ1) is 13.3. The summed E-state index contributed by atoms with van der Waals surface area (Å²) in [7, 11) is 0. The minimum Gasteiger partial charge on any atom is -0.449 e. The molecule has 4 aromatic rings. The molecule has 4 heterocycles. The number of aromatic nitrogens is 2. The normalized spacial score (nSPS) is 22.4. The number of para-hydroxylation sites is 1. The van der Waals surface area contributed by atoms with Crippen molar-refractivity contribution >= 4 is 33.4 Å². The standard InChI is InChI=1S/C21H19N3O2S/c25-21-20-18(13-3-1-2-4-15(13)26-20)22-17(23-21)11-24-9-7-16-14(8-10-27-16)19(24)12-5-6-12/h1-4,8,10,12,19H,5-7,9,11H2,(H,22,23,25)/p+1/t19-/m0/s1. The van der Waals surface area contributed by atoms with Gasteiger partial charge >= 0.3 is 0 Å². The van der Waals surface area contributed by atoms with Crippen molar-refractivity contribution in [3.05, 3.63) is 62.3 Å². The molecule has 1 aromatic carbocycles. The Kier molecular flexibility index (Phi) is 3.34. The fraction of sp³-hybridized carbons (Fsp3) is 0.333. The van der Waals surface area contributed by atoms with Crippen molar-refractivity contribution in [1.29, 1.82) is 0 Å². The summed E-state index contributed by atoms with van der Waals surface area (Å²) in [5.74, 6) is 1.54. The Hall–Kier alpha value is -2.44. The highest BCUT2D eigenvalue weighted by Crippen LogP contribution is 2.42. The molecule has 0 saturated heterocycles. The number of rotatable bonds is 3. The predicted octanol–water partition coefficient (Wildman–Crippen LogP) is 2.82. The molecule has 1 fully saturated rings. The van der Waals surface area contributed by atoms with Crippen LogP contribution in [0.4, 0.5) is 0 Å². The first-order valence-corrected chi connectivity index (χ1v) is 10.5. The number of aromatic amines is 1. The maximum absolute atomic E-state index is 12.6. The molecule has 0 radical (unpaired) electrons. The van der Waals surface area contributed by atoms with Crippen molar-refractivity contribution in [3.63, 3.8) is 0 Å². The summed E-state index contributed by atoms with van der Waals surface area (Å²) in [5, 5.41) is 3.14. The summed E-state index contributed by atoms with van der Waals surface area (Å²) < 4.78 is 5.72. The van der Waals surface area contributed by atoms with Gasteiger partial charge in [-0.2, -0.15) is 0 Å².